The van der Waals surface area contributed by atoms with Crippen molar-refractivity contribution < 1.29 is 24.2 Å². The molecular formula is C24H35N3O5. The molecule has 2 fully saturated rings. The summed E-state index contributed by atoms with van der Waals surface area (Å²) in [6, 6.07) is 7.53. The highest BCUT2D eigenvalue weighted by molar-refractivity contribution is 5.79. The summed E-state index contributed by atoms with van der Waals surface area (Å²) in [7, 11) is 1.62. The Morgan fingerprint density at radius 2 is 1.69 bits per heavy atom. The number of aliphatic carboxylic acids is 1. The van der Waals surface area contributed by atoms with Gasteiger partial charge >= 0.3 is 5.97 Å². The predicted molar refractivity (Wildman–Crippen MR) is 120 cm³/mol. The molecule has 2 amide bonds. The summed E-state index contributed by atoms with van der Waals surface area (Å²) in [6.07, 6.45) is 2.09. The zero-order valence-corrected chi connectivity index (χ0v) is 19.2. The van der Waals surface area contributed by atoms with Crippen LogP contribution in [0.15, 0.2) is 24.3 Å². The lowest BCUT2D eigenvalue weighted by Gasteiger charge is -2.40. The van der Waals surface area contributed by atoms with Gasteiger partial charge in [0, 0.05) is 52.6 Å². The first kappa shape index (κ1) is 24.0. The van der Waals surface area contributed by atoms with E-state index in [0.29, 0.717) is 19.5 Å². The van der Waals surface area contributed by atoms with Crippen LogP contribution >= 0.6 is 0 Å². The maximum absolute atomic E-state index is 12.9. The third-order valence-electron chi connectivity index (χ3n) is 6.83. The average molecular weight is 446 g/mol. The fourth-order valence-corrected chi connectivity index (χ4v) is 4.79. The van der Waals surface area contributed by atoms with E-state index >= 15 is 0 Å². The second-order valence-electron chi connectivity index (χ2n) is 8.91. The molecule has 1 aromatic carbocycles. The van der Waals surface area contributed by atoms with Crippen molar-refractivity contribution in [2.45, 2.75) is 32.6 Å². The van der Waals surface area contributed by atoms with Crippen molar-refractivity contribution in [2.75, 3.05) is 52.9 Å². The number of rotatable bonds is 8. The number of piperazine rings is 1. The van der Waals surface area contributed by atoms with Crippen LogP contribution in [-0.2, 0) is 20.8 Å². The van der Waals surface area contributed by atoms with Crippen molar-refractivity contribution in [1.82, 2.24) is 14.7 Å². The molecule has 1 aromatic rings. The lowest BCUT2D eigenvalue weighted by Crippen LogP contribution is -2.49. The van der Waals surface area contributed by atoms with Gasteiger partial charge in [-0.2, -0.15) is 0 Å². The van der Waals surface area contributed by atoms with Crippen LogP contribution in [0.5, 0.6) is 5.75 Å². The highest BCUT2D eigenvalue weighted by Gasteiger charge is 2.33. The van der Waals surface area contributed by atoms with E-state index in [1.807, 2.05) is 34.1 Å². The Hall–Kier alpha value is -2.61. The maximum atomic E-state index is 12.9. The minimum atomic E-state index is -0.770. The van der Waals surface area contributed by atoms with E-state index in [1.54, 1.807) is 14.0 Å². The van der Waals surface area contributed by atoms with E-state index in [4.69, 9.17) is 4.74 Å². The first-order chi connectivity index (χ1) is 15.4. The lowest BCUT2D eigenvalue weighted by atomic mass is 9.81. The number of ether oxygens (including phenoxy) is 1. The molecule has 2 aliphatic rings. The zero-order valence-electron chi connectivity index (χ0n) is 19.2. The molecule has 0 bridgehead atoms. The van der Waals surface area contributed by atoms with Crippen molar-refractivity contribution in [3.63, 3.8) is 0 Å². The molecular weight excluding hydrogens is 410 g/mol. The number of nitrogens with zero attached hydrogens (tertiary/aromatic N) is 3. The van der Waals surface area contributed by atoms with Crippen molar-refractivity contribution in [2.24, 2.45) is 11.8 Å². The molecule has 2 heterocycles. The highest BCUT2D eigenvalue weighted by Crippen LogP contribution is 2.30. The predicted octanol–water partition coefficient (Wildman–Crippen LogP) is 1.73. The van der Waals surface area contributed by atoms with Gasteiger partial charge in [0.15, 0.2) is 0 Å². The van der Waals surface area contributed by atoms with Crippen LogP contribution < -0.4 is 4.74 Å². The number of hydrogen-bond donors (Lipinski definition) is 1. The summed E-state index contributed by atoms with van der Waals surface area (Å²) in [5.74, 6) is 0.461. The van der Waals surface area contributed by atoms with Gasteiger partial charge in [-0.25, -0.2) is 0 Å². The van der Waals surface area contributed by atoms with Crippen LogP contribution in [0.1, 0.15) is 31.7 Å². The van der Waals surface area contributed by atoms with Gasteiger partial charge in [-0.1, -0.05) is 12.1 Å². The number of carbonyl (C=O) groups excluding carboxylic acids is 2. The van der Waals surface area contributed by atoms with Crippen LogP contribution in [0.3, 0.4) is 0 Å². The summed E-state index contributed by atoms with van der Waals surface area (Å²) in [6.45, 7) is 6.86. The number of amides is 2. The Bertz CT molecular complexity index is 789. The fourth-order valence-electron chi connectivity index (χ4n) is 4.79. The average Bonchev–Trinajstić information content (AvgIpc) is 2.78. The third-order valence-corrected chi connectivity index (χ3v) is 6.83. The van der Waals surface area contributed by atoms with Gasteiger partial charge in [-0.15, -0.1) is 0 Å². The molecule has 0 aliphatic carbocycles. The number of carbonyl (C=O) groups is 3. The van der Waals surface area contributed by atoms with Gasteiger partial charge in [-0.05, 0) is 48.9 Å². The summed E-state index contributed by atoms with van der Waals surface area (Å²) in [5.41, 5.74) is 0.948. The Morgan fingerprint density at radius 1 is 1.00 bits per heavy atom. The topological polar surface area (TPSA) is 90.4 Å². The van der Waals surface area contributed by atoms with Crippen molar-refractivity contribution in [1.29, 1.82) is 0 Å². The number of hydrogen-bond acceptors (Lipinski definition) is 5. The summed E-state index contributed by atoms with van der Waals surface area (Å²) < 4.78 is 5.18. The third kappa shape index (κ3) is 6.69. The Kier molecular flexibility index (Phi) is 8.50. The minimum absolute atomic E-state index is 0.0871. The molecule has 0 radical (unpaired) electrons. The minimum Gasteiger partial charge on any atom is -0.497 e. The van der Waals surface area contributed by atoms with E-state index in [2.05, 4.69) is 4.90 Å². The fraction of sp³-hybridized carbons (Fsp3) is 0.625. The van der Waals surface area contributed by atoms with Gasteiger partial charge in [-0.3, -0.25) is 19.3 Å². The van der Waals surface area contributed by atoms with Gasteiger partial charge < -0.3 is 19.6 Å². The number of carboxylic acids is 1. The van der Waals surface area contributed by atoms with Crippen LogP contribution in [0.25, 0.3) is 0 Å². The number of methoxy groups -OCH3 is 1. The molecule has 1 N–H and O–H groups in total. The molecule has 8 nitrogen and oxygen atoms in total. The molecule has 0 aromatic heterocycles. The summed E-state index contributed by atoms with van der Waals surface area (Å²) in [5, 5.41) is 9.36. The summed E-state index contributed by atoms with van der Waals surface area (Å²) >= 11 is 0. The molecule has 0 unspecified atom stereocenters. The number of piperidine rings is 1. The van der Waals surface area contributed by atoms with Crippen molar-refractivity contribution >= 4 is 17.8 Å². The van der Waals surface area contributed by atoms with E-state index in [9.17, 15) is 19.5 Å². The molecule has 2 saturated heterocycles. The Balaban J connectivity index is 1.55. The molecule has 2 aliphatic heterocycles. The smallest absolute Gasteiger partial charge is 0.303 e. The first-order valence-electron chi connectivity index (χ1n) is 11.5. The maximum Gasteiger partial charge on any atom is 0.303 e. The van der Waals surface area contributed by atoms with Crippen LogP contribution in [0.2, 0.25) is 0 Å². The zero-order chi connectivity index (χ0) is 23.1. The van der Waals surface area contributed by atoms with E-state index < -0.39 is 5.97 Å². The van der Waals surface area contributed by atoms with E-state index in [-0.39, 0.29) is 30.1 Å². The van der Waals surface area contributed by atoms with Crippen molar-refractivity contribution in [3.05, 3.63) is 29.8 Å². The summed E-state index contributed by atoms with van der Waals surface area (Å²) in [4.78, 5) is 42.0. The van der Waals surface area contributed by atoms with Crippen LogP contribution in [-0.4, -0.2) is 90.5 Å². The van der Waals surface area contributed by atoms with Gasteiger partial charge in [0.05, 0.1) is 13.5 Å². The van der Waals surface area contributed by atoms with Gasteiger partial charge in [0.1, 0.15) is 5.75 Å². The Labute approximate surface area is 190 Å². The molecule has 32 heavy (non-hydrogen) atoms. The molecule has 0 saturated carbocycles. The standard InChI is InChI=1S/C24H35N3O5/c1-18(28)26-13-11-25(12-14-26)9-7-21-17-27(10-8-20(21)16-24(30)31)23(29)15-19-3-5-22(32-2)6-4-19/h3-6,20-21H,7-17H2,1-2H3,(H,30,31)/t20-,21+/m0/s1. The highest BCUT2D eigenvalue weighted by atomic mass is 16.5. The lowest BCUT2D eigenvalue weighted by molar-refractivity contribution is -0.140. The monoisotopic (exact) mass is 445 g/mol. The molecule has 0 spiro atoms. The van der Waals surface area contributed by atoms with Crippen LogP contribution in [0.4, 0.5) is 0 Å². The van der Waals surface area contributed by atoms with Gasteiger partial charge in [0.2, 0.25) is 11.8 Å². The largest absolute Gasteiger partial charge is 0.497 e. The second-order valence-corrected chi connectivity index (χ2v) is 8.91. The number of benzene rings is 1. The van der Waals surface area contributed by atoms with Gasteiger partial charge in [0.25, 0.3) is 0 Å². The quantitative estimate of drug-likeness (QED) is 0.656. The van der Waals surface area contributed by atoms with E-state index in [0.717, 1.165) is 56.9 Å². The van der Waals surface area contributed by atoms with Crippen molar-refractivity contribution in [3.8, 4) is 5.75 Å². The van der Waals surface area contributed by atoms with E-state index in [1.165, 1.54) is 0 Å². The molecule has 8 heteroatoms. The molecule has 3 rings (SSSR count). The molecule has 176 valence electrons. The second kappa shape index (κ2) is 11.3. The first-order valence-corrected chi connectivity index (χ1v) is 11.5. The Morgan fingerprint density at radius 3 is 2.28 bits per heavy atom. The number of likely N-dealkylation sites (tertiary alicyclic amines) is 1. The van der Waals surface area contributed by atoms with Crippen LogP contribution in [0, 0.1) is 11.8 Å². The SMILES string of the molecule is COc1ccc(CC(=O)N2CC[C@@H](CC(=O)O)[C@H](CCN3CCN(C(C)=O)CC3)C2)cc1. The number of carboxylic acid groups (broad SMARTS) is 1. The normalized spacial score (nSPS) is 21.9. The molecule has 2 atom stereocenters.